The number of guanidine groups is 1. The fourth-order valence-corrected chi connectivity index (χ4v) is 3.90. The van der Waals surface area contributed by atoms with Crippen molar-refractivity contribution in [3.63, 3.8) is 0 Å². The third-order valence-electron chi connectivity index (χ3n) is 5.45. The first kappa shape index (κ1) is 25.6. The van der Waals surface area contributed by atoms with E-state index in [9.17, 15) is 8.78 Å². The zero-order valence-corrected chi connectivity index (χ0v) is 20.6. The lowest BCUT2D eigenvalue weighted by atomic mass is 9.73. The van der Waals surface area contributed by atoms with E-state index in [0.717, 1.165) is 36.3 Å². The highest BCUT2D eigenvalue weighted by atomic mass is 127. The Morgan fingerprint density at radius 3 is 2.58 bits per heavy atom. The summed E-state index contributed by atoms with van der Waals surface area (Å²) in [6.07, 6.45) is 1.57. The predicted molar refractivity (Wildman–Crippen MR) is 130 cm³/mol. The molecule has 0 atom stereocenters. The van der Waals surface area contributed by atoms with Crippen molar-refractivity contribution in [1.29, 1.82) is 0 Å². The number of benzene rings is 2. The van der Waals surface area contributed by atoms with Crippen molar-refractivity contribution in [3.05, 3.63) is 64.2 Å². The highest BCUT2D eigenvalue weighted by molar-refractivity contribution is 14.0. The van der Waals surface area contributed by atoms with E-state index in [4.69, 9.17) is 21.1 Å². The lowest BCUT2D eigenvalue weighted by molar-refractivity contribution is 0.0505. The number of nitrogens with zero attached hydrogens (tertiary/aromatic N) is 1. The monoisotopic (exact) mass is 565 g/mol. The zero-order valence-electron chi connectivity index (χ0n) is 17.5. The lowest BCUT2D eigenvalue weighted by Crippen LogP contribution is -2.48. The number of nitrogens with one attached hydrogen (secondary N) is 2. The van der Waals surface area contributed by atoms with Gasteiger partial charge >= 0.3 is 0 Å². The van der Waals surface area contributed by atoms with Crippen molar-refractivity contribution >= 4 is 41.5 Å². The van der Waals surface area contributed by atoms with Crippen LogP contribution in [0.3, 0.4) is 0 Å². The smallest absolute Gasteiger partial charge is 0.191 e. The summed E-state index contributed by atoms with van der Waals surface area (Å²) in [5.74, 6) is 0.313. The molecule has 1 saturated heterocycles. The summed E-state index contributed by atoms with van der Waals surface area (Å²) in [6, 6.07) is 9.00. The molecule has 1 heterocycles. The topological polar surface area (TPSA) is 54.9 Å². The molecule has 1 fully saturated rings. The van der Waals surface area contributed by atoms with E-state index in [2.05, 4.69) is 15.6 Å². The molecule has 0 bridgehead atoms. The maximum absolute atomic E-state index is 13.9. The van der Waals surface area contributed by atoms with Gasteiger partial charge in [-0.25, -0.2) is 8.78 Å². The second-order valence-corrected chi connectivity index (χ2v) is 7.69. The van der Waals surface area contributed by atoms with Crippen molar-refractivity contribution in [2.24, 2.45) is 4.99 Å². The van der Waals surface area contributed by atoms with E-state index >= 15 is 0 Å². The quantitative estimate of drug-likeness (QED) is 0.304. The fraction of sp³-hybridized carbons (Fsp3) is 0.409. The highest BCUT2D eigenvalue weighted by Crippen LogP contribution is 2.40. The van der Waals surface area contributed by atoms with Gasteiger partial charge in [0, 0.05) is 54.9 Å². The molecule has 9 heteroatoms. The first-order valence-electron chi connectivity index (χ1n) is 9.77. The van der Waals surface area contributed by atoms with Crippen LogP contribution in [-0.4, -0.2) is 39.9 Å². The molecule has 0 aliphatic carbocycles. The van der Waals surface area contributed by atoms with Crippen LogP contribution in [0.4, 0.5) is 8.78 Å². The molecule has 0 unspecified atom stereocenters. The summed E-state index contributed by atoms with van der Waals surface area (Å²) in [6.45, 7) is 1.91. The SMILES string of the molecule is CN=C(NCc1cc(F)ccc1F)NCC1(c2cc(Cl)ccc2OC)CCOCC1.I. The first-order chi connectivity index (χ1) is 14.5. The van der Waals surface area contributed by atoms with Gasteiger partial charge in [0.25, 0.3) is 0 Å². The van der Waals surface area contributed by atoms with Crippen LogP contribution in [0.1, 0.15) is 24.0 Å². The molecule has 170 valence electrons. The number of ether oxygens (including phenoxy) is 2. The molecule has 0 amide bonds. The third kappa shape index (κ3) is 6.43. The normalized spacial score (nSPS) is 15.7. The second-order valence-electron chi connectivity index (χ2n) is 7.25. The minimum absolute atomic E-state index is 0. The molecule has 2 aromatic carbocycles. The molecule has 2 aromatic rings. The van der Waals surface area contributed by atoms with Gasteiger partial charge in [0.2, 0.25) is 0 Å². The van der Waals surface area contributed by atoms with Gasteiger partial charge in [0.15, 0.2) is 5.96 Å². The van der Waals surface area contributed by atoms with Crippen molar-refractivity contribution in [2.75, 3.05) is 33.9 Å². The molecule has 5 nitrogen and oxygen atoms in total. The maximum atomic E-state index is 13.9. The van der Waals surface area contributed by atoms with Crippen molar-refractivity contribution in [3.8, 4) is 5.75 Å². The van der Waals surface area contributed by atoms with Crippen molar-refractivity contribution in [1.82, 2.24) is 10.6 Å². The Morgan fingerprint density at radius 2 is 1.90 bits per heavy atom. The summed E-state index contributed by atoms with van der Waals surface area (Å²) in [4.78, 5) is 4.21. The van der Waals surface area contributed by atoms with Crippen LogP contribution in [0.15, 0.2) is 41.4 Å². The number of hydrogen-bond donors (Lipinski definition) is 2. The van der Waals surface area contributed by atoms with E-state index < -0.39 is 11.6 Å². The van der Waals surface area contributed by atoms with Gasteiger partial charge in [-0.15, -0.1) is 24.0 Å². The number of hydrogen-bond acceptors (Lipinski definition) is 3. The van der Waals surface area contributed by atoms with E-state index in [1.165, 1.54) is 6.07 Å². The Labute approximate surface area is 203 Å². The van der Waals surface area contributed by atoms with Gasteiger partial charge in [-0.05, 0) is 49.2 Å². The Hall–Kier alpha value is -1.65. The minimum Gasteiger partial charge on any atom is -0.496 e. The molecule has 1 aliphatic rings. The molecular formula is C22H27ClF2IN3O2. The summed E-state index contributed by atoms with van der Waals surface area (Å²) in [5, 5.41) is 7.01. The van der Waals surface area contributed by atoms with E-state index in [1.807, 2.05) is 12.1 Å². The summed E-state index contributed by atoms with van der Waals surface area (Å²) < 4.78 is 38.5. The average molecular weight is 566 g/mol. The predicted octanol–water partition coefficient (Wildman–Crippen LogP) is 4.66. The van der Waals surface area contributed by atoms with Gasteiger partial charge in [0.05, 0.1) is 7.11 Å². The van der Waals surface area contributed by atoms with Crippen molar-refractivity contribution in [2.45, 2.75) is 24.8 Å². The standard InChI is InChI=1S/C22H26ClF2N3O2.HI/c1-26-21(27-13-15-11-17(24)4-5-19(15)25)28-14-22(7-9-30-10-8-22)18-12-16(23)3-6-20(18)29-2;/h3-6,11-12H,7-10,13-14H2,1-2H3,(H2,26,27,28);1H. The second kappa shape index (κ2) is 11.8. The van der Waals surface area contributed by atoms with Crippen molar-refractivity contribution < 1.29 is 18.3 Å². The van der Waals surface area contributed by atoms with Crippen LogP contribution in [0.5, 0.6) is 5.75 Å². The Morgan fingerprint density at radius 1 is 1.16 bits per heavy atom. The van der Waals surface area contributed by atoms with E-state index in [0.29, 0.717) is 30.7 Å². The average Bonchev–Trinajstić information content (AvgIpc) is 2.76. The molecule has 1 aliphatic heterocycles. The minimum atomic E-state index is -0.481. The van der Waals surface area contributed by atoms with Crippen LogP contribution in [-0.2, 0) is 16.7 Å². The number of methoxy groups -OCH3 is 1. The summed E-state index contributed by atoms with van der Waals surface area (Å²) in [7, 11) is 3.27. The molecule has 2 N–H and O–H groups in total. The summed E-state index contributed by atoms with van der Waals surface area (Å²) >= 11 is 6.28. The van der Waals surface area contributed by atoms with Gasteiger partial charge in [-0.1, -0.05) is 11.6 Å². The first-order valence-corrected chi connectivity index (χ1v) is 10.2. The van der Waals surface area contributed by atoms with Gasteiger partial charge < -0.3 is 20.1 Å². The zero-order chi connectivity index (χ0) is 21.6. The van der Waals surface area contributed by atoms with Gasteiger partial charge in [-0.2, -0.15) is 0 Å². The Kier molecular flexibility index (Phi) is 9.77. The van der Waals surface area contributed by atoms with E-state index in [-0.39, 0.29) is 41.5 Å². The van der Waals surface area contributed by atoms with Crippen LogP contribution >= 0.6 is 35.6 Å². The van der Waals surface area contributed by atoms with Crippen LogP contribution in [0, 0.1) is 11.6 Å². The number of aliphatic imine (C=N–C) groups is 1. The third-order valence-corrected chi connectivity index (χ3v) is 5.69. The molecule has 0 aromatic heterocycles. The Balaban J connectivity index is 0.00000341. The molecule has 0 spiro atoms. The van der Waals surface area contributed by atoms with Crippen LogP contribution in [0.25, 0.3) is 0 Å². The molecule has 0 radical (unpaired) electrons. The van der Waals surface area contributed by atoms with Gasteiger partial charge in [0.1, 0.15) is 17.4 Å². The Bertz CT molecular complexity index is 908. The van der Waals surface area contributed by atoms with Gasteiger partial charge in [-0.3, -0.25) is 4.99 Å². The molecule has 3 rings (SSSR count). The molecule has 31 heavy (non-hydrogen) atoms. The lowest BCUT2D eigenvalue weighted by Gasteiger charge is -2.39. The van der Waals surface area contributed by atoms with E-state index in [1.54, 1.807) is 20.2 Å². The highest BCUT2D eigenvalue weighted by Gasteiger charge is 2.37. The molecule has 0 saturated carbocycles. The summed E-state index contributed by atoms with van der Waals surface area (Å²) in [5.41, 5.74) is 0.978. The number of rotatable bonds is 6. The fourth-order valence-electron chi connectivity index (χ4n) is 3.73. The number of halogens is 4. The largest absolute Gasteiger partial charge is 0.496 e. The van der Waals surface area contributed by atoms with Crippen LogP contribution < -0.4 is 15.4 Å². The molecular weight excluding hydrogens is 539 g/mol. The maximum Gasteiger partial charge on any atom is 0.191 e. The van der Waals surface area contributed by atoms with Crippen LogP contribution in [0.2, 0.25) is 5.02 Å².